The first-order valence-corrected chi connectivity index (χ1v) is 26.3. The average molecular weight is 831 g/mol. The fourth-order valence-electron chi connectivity index (χ4n) is 7.61. The fraction of sp³-hybridized carbons (Fsp3) is 0.979. The van der Waals surface area contributed by atoms with E-state index < -0.39 is 20.0 Å². The molecule has 9 heteroatoms. The van der Waals surface area contributed by atoms with Crippen molar-refractivity contribution in [2.24, 2.45) is 0 Å². The topological polar surface area (TPSA) is 108 Å². The molecule has 0 spiro atoms. The van der Waals surface area contributed by atoms with Crippen LogP contribution in [0.5, 0.6) is 0 Å². The lowest BCUT2D eigenvalue weighted by atomic mass is 10.0. The molecule has 0 saturated heterocycles. The van der Waals surface area contributed by atoms with Crippen molar-refractivity contribution < 1.29 is 32.9 Å². The number of hydrogen-bond acceptors (Lipinski definition) is 6. The van der Waals surface area contributed by atoms with Crippen molar-refractivity contribution in [2.75, 3.05) is 40.9 Å². The zero-order chi connectivity index (χ0) is 42.1. The number of rotatable bonds is 46. The van der Waals surface area contributed by atoms with E-state index in [2.05, 4.69) is 12.2 Å². The van der Waals surface area contributed by atoms with E-state index in [1.165, 1.54) is 193 Å². The number of unbranched alkanes of at least 4 members (excludes halogenated alkanes) is 33. The molecule has 0 radical (unpaired) electrons. The van der Waals surface area contributed by atoms with Gasteiger partial charge in [0.15, 0.2) is 0 Å². The summed E-state index contributed by atoms with van der Waals surface area (Å²) in [5.74, 6) is -0.197. The Hall–Kier alpha value is -0.500. The number of aliphatic hydroxyl groups excluding tert-OH is 1. The summed E-state index contributed by atoms with van der Waals surface area (Å²) in [4.78, 5) is 24.7. The van der Waals surface area contributed by atoms with Gasteiger partial charge in [0.25, 0.3) is 7.82 Å². The molecule has 0 rings (SSSR count). The van der Waals surface area contributed by atoms with E-state index in [0.717, 1.165) is 32.1 Å². The summed E-state index contributed by atoms with van der Waals surface area (Å²) in [5, 5.41) is 13.6. The number of hydrogen-bond donors (Lipinski definition) is 2. The van der Waals surface area contributed by atoms with Crippen LogP contribution >= 0.6 is 7.82 Å². The molecule has 0 bridgehead atoms. The zero-order valence-corrected chi connectivity index (χ0v) is 39.7. The Labute approximate surface area is 355 Å². The Morgan fingerprint density at radius 3 is 1.18 bits per heavy atom. The Bertz CT molecular complexity index is 901. The molecule has 3 unspecified atom stereocenters. The van der Waals surface area contributed by atoms with Crippen LogP contribution in [0.15, 0.2) is 0 Å². The van der Waals surface area contributed by atoms with Gasteiger partial charge in [-0.1, -0.05) is 232 Å². The van der Waals surface area contributed by atoms with Gasteiger partial charge >= 0.3 is 0 Å². The van der Waals surface area contributed by atoms with Crippen molar-refractivity contribution >= 4 is 13.7 Å². The van der Waals surface area contributed by atoms with Crippen molar-refractivity contribution in [1.29, 1.82) is 0 Å². The van der Waals surface area contributed by atoms with Crippen molar-refractivity contribution in [3.05, 3.63) is 0 Å². The van der Waals surface area contributed by atoms with Gasteiger partial charge in [-0.05, 0) is 12.8 Å². The molecule has 0 aliphatic heterocycles. The number of phosphoric ester groups is 1. The van der Waals surface area contributed by atoms with Gasteiger partial charge < -0.3 is 28.8 Å². The third kappa shape index (κ3) is 43.4. The normalized spacial score (nSPS) is 14.2. The van der Waals surface area contributed by atoms with Crippen LogP contribution < -0.4 is 10.2 Å². The van der Waals surface area contributed by atoms with E-state index in [1.54, 1.807) is 0 Å². The number of quaternary nitrogens is 1. The molecule has 0 aliphatic carbocycles. The Morgan fingerprint density at radius 2 is 0.860 bits per heavy atom. The molecule has 2 N–H and O–H groups in total. The van der Waals surface area contributed by atoms with Gasteiger partial charge in [0, 0.05) is 6.42 Å². The van der Waals surface area contributed by atoms with Crippen molar-refractivity contribution in [2.45, 2.75) is 264 Å². The van der Waals surface area contributed by atoms with Crippen LogP contribution in [-0.4, -0.2) is 68.5 Å². The van der Waals surface area contributed by atoms with Crippen LogP contribution in [0.2, 0.25) is 0 Å². The molecule has 342 valence electrons. The van der Waals surface area contributed by atoms with E-state index >= 15 is 0 Å². The minimum atomic E-state index is -4.54. The van der Waals surface area contributed by atoms with Crippen LogP contribution in [0.1, 0.15) is 251 Å². The third-order valence-electron chi connectivity index (χ3n) is 11.6. The first-order chi connectivity index (χ1) is 27.5. The highest BCUT2D eigenvalue weighted by molar-refractivity contribution is 7.45. The van der Waals surface area contributed by atoms with Crippen LogP contribution in [0, 0.1) is 0 Å². The smallest absolute Gasteiger partial charge is 0.268 e. The molecule has 57 heavy (non-hydrogen) atoms. The first kappa shape index (κ1) is 56.5. The quantitative estimate of drug-likeness (QED) is 0.0359. The molecule has 0 heterocycles. The molecule has 8 nitrogen and oxygen atoms in total. The SMILES string of the molecule is CCCCCCCCCCCCCCCCCCCCCCCCCCCCCCCCCCCC(O)C(COP(=O)([O-])OCC[N+](C)(C)C)NC(=O)CCCC. The van der Waals surface area contributed by atoms with Gasteiger partial charge in [0.1, 0.15) is 13.2 Å². The van der Waals surface area contributed by atoms with E-state index in [4.69, 9.17) is 9.05 Å². The van der Waals surface area contributed by atoms with Crippen LogP contribution in [0.25, 0.3) is 0 Å². The first-order valence-electron chi connectivity index (χ1n) is 24.9. The highest BCUT2D eigenvalue weighted by atomic mass is 31.2. The minimum Gasteiger partial charge on any atom is -0.756 e. The zero-order valence-electron chi connectivity index (χ0n) is 38.8. The summed E-state index contributed by atoms with van der Waals surface area (Å²) in [6.07, 6.45) is 47.0. The molecule has 1 amide bonds. The molecular formula is C48H99N2O6P. The summed E-state index contributed by atoms with van der Waals surface area (Å²) < 4.78 is 23.0. The second-order valence-corrected chi connectivity index (χ2v) is 19.9. The van der Waals surface area contributed by atoms with Crippen molar-refractivity contribution in [3.8, 4) is 0 Å². The average Bonchev–Trinajstić information content (AvgIpc) is 3.16. The van der Waals surface area contributed by atoms with E-state index in [9.17, 15) is 19.4 Å². The molecule has 3 atom stereocenters. The van der Waals surface area contributed by atoms with E-state index in [1.807, 2.05) is 28.1 Å². The monoisotopic (exact) mass is 831 g/mol. The fourth-order valence-corrected chi connectivity index (χ4v) is 8.33. The Kier molecular flexibility index (Phi) is 40.5. The second kappa shape index (κ2) is 40.9. The van der Waals surface area contributed by atoms with Gasteiger partial charge in [-0.25, -0.2) is 0 Å². The highest BCUT2D eigenvalue weighted by Crippen LogP contribution is 2.38. The standard InChI is InChI=1S/C48H99N2O6P/c1-6-8-10-11-12-13-14-15-16-17-18-19-20-21-22-23-24-25-26-27-28-29-30-31-32-33-34-35-36-37-38-39-40-41-47(51)46(49-48(52)42-9-7-2)45-56-57(53,54)55-44-43-50(3,4)5/h46-47,51H,6-45H2,1-5H3,(H-,49,52,53,54). The number of carbonyl (C=O) groups excluding carboxylic acids is 1. The lowest BCUT2D eigenvalue weighted by molar-refractivity contribution is -0.870. The van der Waals surface area contributed by atoms with Crippen LogP contribution in [0.3, 0.4) is 0 Å². The predicted octanol–water partition coefficient (Wildman–Crippen LogP) is 13.5. The number of nitrogens with zero attached hydrogens (tertiary/aromatic N) is 1. The molecule has 0 aromatic rings. The minimum absolute atomic E-state index is 0.0140. The molecular weight excluding hydrogens is 732 g/mol. The number of amides is 1. The Morgan fingerprint density at radius 1 is 0.544 bits per heavy atom. The highest BCUT2D eigenvalue weighted by Gasteiger charge is 2.24. The molecule has 0 aromatic heterocycles. The van der Waals surface area contributed by atoms with Gasteiger partial charge in [-0.2, -0.15) is 0 Å². The van der Waals surface area contributed by atoms with Gasteiger partial charge in [-0.3, -0.25) is 9.36 Å². The maximum absolute atomic E-state index is 12.4. The summed E-state index contributed by atoms with van der Waals surface area (Å²) in [6, 6.07) is -0.790. The number of phosphoric acid groups is 1. The number of likely N-dealkylation sites (N-methyl/N-ethyl adjacent to an activating group) is 1. The van der Waals surface area contributed by atoms with Crippen molar-refractivity contribution in [3.63, 3.8) is 0 Å². The largest absolute Gasteiger partial charge is 0.756 e. The molecule has 0 saturated carbocycles. The summed E-state index contributed by atoms with van der Waals surface area (Å²) in [6.45, 7) is 4.50. The predicted molar refractivity (Wildman–Crippen MR) is 243 cm³/mol. The van der Waals surface area contributed by atoms with Gasteiger partial charge in [0.2, 0.25) is 5.91 Å². The summed E-state index contributed by atoms with van der Waals surface area (Å²) in [7, 11) is 1.31. The number of nitrogens with one attached hydrogen (secondary N) is 1. The maximum atomic E-state index is 12.4. The molecule has 0 fully saturated rings. The Balaban J connectivity index is 3.64. The number of carbonyl (C=O) groups is 1. The van der Waals surface area contributed by atoms with Gasteiger partial charge in [-0.15, -0.1) is 0 Å². The van der Waals surface area contributed by atoms with Crippen LogP contribution in [-0.2, 0) is 18.4 Å². The molecule has 0 aliphatic rings. The summed E-state index contributed by atoms with van der Waals surface area (Å²) >= 11 is 0. The second-order valence-electron chi connectivity index (χ2n) is 18.5. The van der Waals surface area contributed by atoms with Gasteiger partial charge in [0.05, 0.1) is 39.9 Å². The van der Waals surface area contributed by atoms with Crippen molar-refractivity contribution in [1.82, 2.24) is 5.32 Å². The van der Waals surface area contributed by atoms with E-state index in [0.29, 0.717) is 23.9 Å². The third-order valence-corrected chi connectivity index (χ3v) is 12.6. The number of aliphatic hydroxyl groups is 1. The van der Waals surface area contributed by atoms with Crippen LogP contribution in [0.4, 0.5) is 0 Å². The van der Waals surface area contributed by atoms with E-state index in [-0.39, 0.29) is 19.1 Å². The lowest BCUT2D eigenvalue weighted by Crippen LogP contribution is -2.46. The lowest BCUT2D eigenvalue weighted by Gasteiger charge is -2.30. The molecule has 0 aromatic carbocycles. The summed E-state index contributed by atoms with van der Waals surface area (Å²) in [5.41, 5.74) is 0. The maximum Gasteiger partial charge on any atom is 0.268 e.